The summed E-state index contributed by atoms with van der Waals surface area (Å²) in [7, 11) is -1.83. The number of nitriles is 2. The number of hydrogen-bond acceptors (Lipinski definition) is 16. The number of piperazine rings is 2. The third kappa shape index (κ3) is 14.2. The monoisotopic (exact) mass is 1170 g/mol. The van der Waals surface area contributed by atoms with Gasteiger partial charge in [0.25, 0.3) is 0 Å². The van der Waals surface area contributed by atoms with Gasteiger partial charge in [-0.3, -0.25) is 9.59 Å². The molecule has 0 bridgehead atoms. The van der Waals surface area contributed by atoms with Crippen LogP contribution in [0.15, 0.2) is 110 Å². The molecule has 4 aliphatic heterocycles. The van der Waals surface area contributed by atoms with Crippen molar-refractivity contribution in [2.24, 2.45) is 0 Å². The van der Waals surface area contributed by atoms with Crippen molar-refractivity contribution in [3.05, 3.63) is 133 Å². The van der Waals surface area contributed by atoms with E-state index in [4.69, 9.17) is 33.8 Å². The fourth-order valence-corrected chi connectivity index (χ4v) is 12.4. The minimum absolute atomic E-state index is 0. The smallest absolute Gasteiger partial charge is 0.318 e. The predicted molar refractivity (Wildman–Crippen MR) is 335 cm³/mol. The summed E-state index contributed by atoms with van der Waals surface area (Å²) in [5, 5.41) is 33.2. The van der Waals surface area contributed by atoms with Gasteiger partial charge in [-0.2, -0.15) is 30.5 Å². The van der Waals surface area contributed by atoms with Crippen LogP contribution in [0.25, 0.3) is 21.5 Å². The number of ether oxygens (including phenoxy) is 2. The van der Waals surface area contributed by atoms with Gasteiger partial charge in [-0.25, -0.2) is 0 Å². The van der Waals surface area contributed by atoms with Crippen LogP contribution in [0.2, 0.25) is 18.1 Å². The number of anilines is 4. The predicted octanol–water partition coefficient (Wildman–Crippen LogP) is 9.59. The lowest BCUT2D eigenvalue weighted by Gasteiger charge is -2.42. The lowest BCUT2D eigenvalue weighted by molar-refractivity contribution is -0.129. The standard InChI is InChI=1S/C35H46N6O3Si.C29H32N6O3.ClH/c1-7-32(42)41-21-20-40(24-27(41)16-18-36)33-29-17-19-39(31-15-10-13-26-12-8-9-14-28(26)31)25-30(29)37-34(38-33)43-22-11-23-44-45(5,6)35(2,3)4;1-2-27(37)35-16-15-34(19-22(35)11-13-30)28-24-12-14-33(20-25(24)31-29(32-28)38-18-6-17-36)26-10-5-8-21-7-3-4-9-23(21)26;/h7-10,12-15,27H,1,11,16-17,19-25H2,2-6H3;2-5,7-10,22,36H,1,6,11-12,14-20H2;1H. The third-order valence-electron chi connectivity index (χ3n) is 16.7. The van der Waals surface area contributed by atoms with Gasteiger partial charge in [0.2, 0.25) is 11.8 Å². The minimum Gasteiger partial charge on any atom is -0.463 e. The number of carbonyl (C=O) groups excluding carboxylic acids is 2. The summed E-state index contributed by atoms with van der Waals surface area (Å²) in [4.78, 5) is 57.0. The third-order valence-corrected chi connectivity index (χ3v) is 21.3. The highest BCUT2D eigenvalue weighted by Gasteiger charge is 2.38. The summed E-state index contributed by atoms with van der Waals surface area (Å²) in [6.07, 6.45) is 5.90. The summed E-state index contributed by atoms with van der Waals surface area (Å²) in [6, 6.07) is 34.3. The molecular formula is C64H79ClN12O6Si. The number of aromatic nitrogens is 4. The van der Waals surface area contributed by atoms with Gasteiger partial charge < -0.3 is 48.4 Å². The molecular weight excluding hydrogens is 1100 g/mol. The maximum absolute atomic E-state index is 12.6. The highest BCUT2D eigenvalue weighted by molar-refractivity contribution is 6.74. The minimum atomic E-state index is -1.83. The number of nitrogens with zero attached hydrogens (tertiary/aromatic N) is 12. The van der Waals surface area contributed by atoms with Gasteiger partial charge in [0.05, 0.1) is 74.8 Å². The Morgan fingerprint density at radius 3 is 1.50 bits per heavy atom. The second-order valence-electron chi connectivity index (χ2n) is 23.0. The maximum Gasteiger partial charge on any atom is 0.318 e. The average molecular weight is 1180 g/mol. The number of carbonyl (C=O) groups is 2. The van der Waals surface area contributed by atoms with Gasteiger partial charge in [-0.15, -0.1) is 12.4 Å². The van der Waals surface area contributed by atoms with Crippen LogP contribution < -0.4 is 29.1 Å². The zero-order valence-electron chi connectivity index (χ0n) is 49.2. The number of halogens is 1. The fraction of sp³-hybridized carbons (Fsp3) is 0.438. The number of rotatable bonds is 18. The molecule has 2 aromatic heterocycles. The molecule has 0 radical (unpaired) electrons. The lowest BCUT2D eigenvalue weighted by atomic mass is 10.0. The Bertz CT molecular complexity index is 3390. The molecule has 0 saturated carbocycles. The van der Waals surface area contributed by atoms with Gasteiger partial charge in [0, 0.05) is 112 Å². The van der Waals surface area contributed by atoms with E-state index in [0.29, 0.717) is 84.6 Å². The number of aliphatic hydroxyl groups is 1. The van der Waals surface area contributed by atoms with E-state index < -0.39 is 8.32 Å². The van der Waals surface area contributed by atoms with Gasteiger partial charge in [0.1, 0.15) is 11.6 Å². The van der Waals surface area contributed by atoms with E-state index >= 15 is 0 Å². The van der Waals surface area contributed by atoms with Crippen LogP contribution in [-0.2, 0) is 39.9 Å². The second kappa shape index (κ2) is 28.2. The summed E-state index contributed by atoms with van der Waals surface area (Å²) in [5.41, 5.74) is 6.41. The van der Waals surface area contributed by atoms with Crippen molar-refractivity contribution in [2.45, 2.75) is 103 Å². The van der Waals surface area contributed by atoms with Gasteiger partial charge >= 0.3 is 12.0 Å². The first-order valence-corrected chi connectivity index (χ1v) is 31.9. The molecule has 2 atom stereocenters. The first-order chi connectivity index (χ1) is 40.1. The molecule has 0 aliphatic carbocycles. The Hall–Kier alpha value is -7.81. The lowest BCUT2D eigenvalue weighted by Crippen LogP contribution is -2.55. The molecule has 1 N–H and O–H groups in total. The van der Waals surface area contributed by atoms with E-state index in [-0.39, 0.29) is 66.8 Å². The molecule has 4 aliphatic rings. The molecule has 6 heterocycles. The van der Waals surface area contributed by atoms with Crippen molar-refractivity contribution in [2.75, 3.05) is 98.4 Å². The van der Waals surface area contributed by atoms with Crippen LogP contribution in [0.5, 0.6) is 12.0 Å². The quantitative estimate of drug-likeness (QED) is 0.0484. The van der Waals surface area contributed by atoms with Crippen LogP contribution >= 0.6 is 12.4 Å². The Morgan fingerprint density at radius 1 is 0.631 bits per heavy atom. The molecule has 10 rings (SSSR count). The van der Waals surface area contributed by atoms with Crippen molar-refractivity contribution in [3.8, 4) is 24.2 Å². The SMILES string of the molecule is C=CC(=O)N1CCN(c2nc(OCCCO)nc3c2CCN(c2cccc4ccccc24)C3)CC1CC#N.C=CC(=O)N1CCN(c2nc(OCCCO[Si](C)(C)C(C)(C)C)nc3c2CCN(c2cccc4ccccc24)C3)CC1CC#N.Cl. The highest BCUT2D eigenvalue weighted by atomic mass is 35.5. The average Bonchev–Trinajstić information content (AvgIpc) is 3.46. The largest absolute Gasteiger partial charge is 0.463 e. The molecule has 2 unspecified atom stereocenters. The Kier molecular flexibility index (Phi) is 20.9. The van der Waals surface area contributed by atoms with Gasteiger partial charge in [0.15, 0.2) is 8.32 Å². The van der Waals surface area contributed by atoms with E-state index in [0.717, 1.165) is 66.5 Å². The van der Waals surface area contributed by atoms with E-state index in [1.807, 2.05) is 0 Å². The fourth-order valence-electron chi connectivity index (χ4n) is 11.3. The molecule has 2 amide bonds. The van der Waals surface area contributed by atoms with Crippen molar-refractivity contribution in [1.29, 1.82) is 10.5 Å². The van der Waals surface area contributed by atoms with Crippen LogP contribution in [0.4, 0.5) is 23.0 Å². The molecule has 442 valence electrons. The molecule has 4 aromatic carbocycles. The molecule has 2 fully saturated rings. The number of hydrogen-bond donors (Lipinski definition) is 1. The Morgan fingerprint density at radius 2 is 1.07 bits per heavy atom. The molecule has 20 heteroatoms. The molecule has 84 heavy (non-hydrogen) atoms. The molecule has 2 saturated heterocycles. The first kappa shape index (κ1) is 62.2. The van der Waals surface area contributed by atoms with Crippen molar-refractivity contribution in [1.82, 2.24) is 29.7 Å². The zero-order valence-corrected chi connectivity index (χ0v) is 51.0. The zero-order chi connectivity index (χ0) is 58.7. The van der Waals surface area contributed by atoms with Crippen molar-refractivity contribution in [3.63, 3.8) is 0 Å². The second-order valence-corrected chi connectivity index (χ2v) is 27.8. The number of amides is 2. The van der Waals surface area contributed by atoms with E-state index in [1.54, 1.807) is 9.80 Å². The molecule has 6 aromatic rings. The van der Waals surface area contributed by atoms with Gasteiger partial charge in [-0.05, 0) is 66.0 Å². The van der Waals surface area contributed by atoms with Gasteiger partial charge in [-0.1, -0.05) is 107 Å². The van der Waals surface area contributed by atoms with Crippen LogP contribution in [0, 0.1) is 22.7 Å². The van der Waals surface area contributed by atoms with E-state index in [2.05, 4.69) is 164 Å². The van der Waals surface area contributed by atoms with Crippen molar-refractivity contribution >= 4 is 77.1 Å². The highest BCUT2D eigenvalue weighted by Crippen LogP contribution is 2.39. The van der Waals surface area contributed by atoms with Crippen molar-refractivity contribution < 1.29 is 28.6 Å². The topological polar surface area (TPSA) is 201 Å². The molecule has 18 nitrogen and oxygen atoms in total. The summed E-state index contributed by atoms with van der Waals surface area (Å²) >= 11 is 0. The van der Waals surface area contributed by atoms with E-state index in [1.165, 1.54) is 45.1 Å². The number of benzene rings is 4. The normalized spacial score (nSPS) is 17.0. The number of fused-ring (bicyclic) bond motifs is 4. The van der Waals surface area contributed by atoms with E-state index in [9.17, 15) is 25.2 Å². The van der Waals surface area contributed by atoms with Crippen LogP contribution in [0.3, 0.4) is 0 Å². The summed E-state index contributed by atoms with van der Waals surface area (Å²) in [5.74, 6) is 1.35. The summed E-state index contributed by atoms with van der Waals surface area (Å²) < 4.78 is 18.4. The Labute approximate surface area is 501 Å². The first-order valence-electron chi connectivity index (χ1n) is 29.0. The summed E-state index contributed by atoms with van der Waals surface area (Å²) in [6.45, 7) is 26.1. The Balaban J connectivity index is 0.000000219. The number of aliphatic hydroxyl groups excluding tert-OH is 1. The van der Waals surface area contributed by atoms with Crippen LogP contribution in [0.1, 0.15) is 69.0 Å². The maximum atomic E-state index is 12.6. The van der Waals surface area contributed by atoms with Crippen LogP contribution in [-0.4, -0.2) is 146 Å². The molecule has 0 spiro atoms.